The molecule has 0 aromatic heterocycles. The first-order valence-corrected chi connectivity index (χ1v) is 14.6. The van der Waals surface area contributed by atoms with Crippen molar-refractivity contribution in [3.63, 3.8) is 0 Å². The van der Waals surface area contributed by atoms with Gasteiger partial charge in [0.2, 0.25) is 0 Å². The van der Waals surface area contributed by atoms with E-state index in [4.69, 9.17) is 9.47 Å². The van der Waals surface area contributed by atoms with Gasteiger partial charge >= 0.3 is 0 Å². The van der Waals surface area contributed by atoms with Crippen LogP contribution in [0.1, 0.15) is 71.1 Å². The monoisotopic (exact) mass is 518 g/mol. The smallest absolute Gasteiger partial charge is 0.127 e. The molecule has 0 bridgehead atoms. The van der Waals surface area contributed by atoms with Crippen LogP contribution < -0.4 is 9.47 Å². The van der Waals surface area contributed by atoms with Gasteiger partial charge in [0, 0.05) is 10.8 Å². The van der Waals surface area contributed by atoms with Gasteiger partial charge in [-0.1, -0.05) is 76.1 Å². The lowest BCUT2D eigenvalue weighted by atomic mass is 10.1. The molecule has 0 aliphatic rings. The van der Waals surface area contributed by atoms with Crippen LogP contribution in [0.4, 0.5) is 11.4 Å². The number of quaternary nitrogens is 1. The molecule has 5 nitrogen and oxygen atoms in total. The number of nitrogens with zero attached hydrogens (tertiary/aromatic N) is 3. The van der Waals surface area contributed by atoms with Gasteiger partial charge in [0.15, 0.2) is 0 Å². The van der Waals surface area contributed by atoms with Gasteiger partial charge in [-0.05, 0) is 55.7 Å². The fraction of sp³-hybridized carbons (Fsp3) is 0.515. The van der Waals surface area contributed by atoms with Gasteiger partial charge in [0.05, 0.1) is 52.3 Å². The number of hydrogen-bond acceptors (Lipinski definition) is 4. The van der Waals surface area contributed by atoms with Crippen LogP contribution in [-0.2, 0) is 0 Å². The first-order chi connectivity index (χ1) is 18.5. The molecule has 0 spiro atoms. The van der Waals surface area contributed by atoms with E-state index >= 15 is 0 Å². The molecule has 3 aromatic rings. The summed E-state index contributed by atoms with van der Waals surface area (Å²) >= 11 is 0. The standard InChI is InChI=1S/C33H48N3O2/c1-5-6-7-8-9-10-11-15-26-37-29-21-19-28(20-22-29)34-35-32-23-24-33(31-18-13-12-17-30(31)32)38-27-16-14-25-36(2,3)4/h12-13,17-24H,5-11,14-16,25-27H2,1-4H3/q+1. The second-order valence-electron chi connectivity index (χ2n) is 11.2. The number of rotatable bonds is 18. The lowest BCUT2D eigenvalue weighted by Crippen LogP contribution is -2.35. The fourth-order valence-corrected chi connectivity index (χ4v) is 4.49. The number of fused-ring (bicyclic) bond motifs is 1. The fourth-order valence-electron chi connectivity index (χ4n) is 4.49. The Kier molecular flexibility index (Phi) is 12.6. The minimum atomic E-state index is 0.721. The Balaban J connectivity index is 1.48. The lowest BCUT2D eigenvalue weighted by Gasteiger charge is -2.23. The maximum atomic E-state index is 6.15. The molecular weight excluding hydrogens is 470 g/mol. The van der Waals surface area contributed by atoms with E-state index in [0.717, 1.165) is 77.2 Å². The van der Waals surface area contributed by atoms with Crippen molar-refractivity contribution in [2.45, 2.75) is 71.1 Å². The molecule has 0 aliphatic carbocycles. The molecule has 0 N–H and O–H groups in total. The summed E-state index contributed by atoms with van der Waals surface area (Å²) in [6.07, 6.45) is 12.6. The Hall–Kier alpha value is -2.92. The minimum Gasteiger partial charge on any atom is -0.494 e. The van der Waals surface area contributed by atoms with E-state index in [1.807, 2.05) is 48.5 Å². The van der Waals surface area contributed by atoms with E-state index in [-0.39, 0.29) is 0 Å². The topological polar surface area (TPSA) is 43.2 Å². The van der Waals surface area contributed by atoms with Gasteiger partial charge in [0.1, 0.15) is 11.5 Å². The summed E-state index contributed by atoms with van der Waals surface area (Å²) in [5, 5.41) is 11.2. The summed E-state index contributed by atoms with van der Waals surface area (Å²) in [4.78, 5) is 0. The molecule has 3 aromatic carbocycles. The largest absolute Gasteiger partial charge is 0.494 e. The number of hydrogen-bond donors (Lipinski definition) is 0. The quantitative estimate of drug-likeness (QED) is 0.0955. The lowest BCUT2D eigenvalue weighted by molar-refractivity contribution is -0.870. The van der Waals surface area contributed by atoms with Gasteiger partial charge in [-0.2, -0.15) is 5.11 Å². The summed E-state index contributed by atoms with van der Waals surface area (Å²) in [6.45, 7) is 4.90. The zero-order chi connectivity index (χ0) is 27.1. The van der Waals surface area contributed by atoms with E-state index < -0.39 is 0 Å². The second kappa shape index (κ2) is 16.1. The van der Waals surface area contributed by atoms with E-state index in [2.05, 4.69) is 50.4 Å². The number of azo groups is 1. The van der Waals surface area contributed by atoms with Gasteiger partial charge in [0.25, 0.3) is 0 Å². The molecular formula is C33H48N3O2+. The maximum absolute atomic E-state index is 6.15. The van der Waals surface area contributed by atoms with Gasteiger partial charge < -0.3 is 14.0 Å². The van der Waals surface area contributed by atoms with Crippen LogP contribution in [0.5, 0.6) is 11.5 Å². The van der Waals surface area contributed by atoms with Crippen LogP contribution in [0.15, 0.2) is 70.9 Å². The second-order valence-corrected chi connectivity index (χ2v) is 11.2. The highest BCUT2D eigenvalue weighted by molar-refractivity contribution is 5.96. The molecule has 3 rings (SSSR count). The van der Waals surface area contributed by atoms with Crippen molar-refractivity contribution < 1.29 is 14.0 Å². The summed E-state index contributed by atoms with van der Waals surface area (Å²) < 4.78 is 13.0. The number of unbranched alkanes of at least 4 members (excludes halogenated alkanes) is 8. The van der Waals surface area contributed by atoms with Crippen molar-refractivity contribution in [1.82, 2.24) is 0 Å². The zero-order valence-electron chi connectivity index (χ0n) is 24.1. The maximum Gasteiger partial charge on any atom is 0.127 e. The Morgan fingerprint density at radius 2 is 1.24 bits per heavy atom. The highest BCUT2D eigenvalue weighted by Gasteiger charge is 2.08. The highest BCUT2D eigenvalue weighted by Crippen LogP contribution is 2.34. The van der Waals surface area contributed by atoms with Crippen molar-refractivity contribution in [3.8, 4) is 11.5 Å². The molecule has 0 radical (unpaired) electrons. The Morgan fingerprint density at radius 3 is 1.95 bits per heavy atom. The Labute approximate surface area is 230 Å². The third-order valence-electron chi connectivity index (χ3n) is 6.72. The summed E-state index contributed by atoms with van der Waals surface area (Å²) in [6, 6.07) is 20.1. The minimum absolute atomic E-state index is 0.721. The predicted octanol–water partition coefficient (Wildman–Crippen LogP) is 9.64. The number of benzene rings is 3. The van der Waals surface area contributed by atoms with Crippen LogP contribution in [0.3, 0.4) is 0 Å². The van der Waals surface area contributed by atoms with E-state index in [1.165, 1.54) is 44.9 Å². The summed E-state index contributed by atoms with van der Waals surface area (Å²) in [7, 11) is 6.67. The Morgan fingerprint density at radius 1 is 0.605 bits per heavy atom. The molecule has 0 unspecified atom stereocenters. The van der Waals surface area contributed by atoms with E-state index in [9.17, 15) is 0 Å². The average Bonchev–Trinajstić information content (AvgIpc) is 2.91. The molecule has 0 atom stereocenters. The molecule has 206 valence electrons. The SMILES string of the molecule is CCCCCCCCCCOc1ccc(N=Nc2ccc(OCCCC[N+](C)(C)C)c3ccccc23)cc1. The molecule has 0 fully saturated rings. The third kappa shape index (κ3) is 10.8. The van der Waals surface area contributed by atoms with Crippen LogP contribution in [-0.4, -0.2) is 45.4 Å². The van der Waals surface area contributed by atoms with Crippen LogP contribution in [0.2, 0.25) is 0 Å². The predicted molar refractivity (Wildman–Crippen MR) is 160 cm³/mol. The van der Waals surface area contributed by atoms with Gasteiger partial charge in [-0.15, -0.1) is 5.11 Å². The van der Waals surface area contributed by atoms with Gasteiger partial charge in [-0.25, -0.2) is 0 Å². The van der Waals surface area contributed by atoms with Crippen molar-refractivity contribution in [2.75, 3.05) is 40.9 Å². The highest BCUT2D eigenvalue weighted by atomic mass is 16.5. The van der Waals surface area contributed by atoms with Crippen molar-refractivity contribution in [1.29, 1.82) is 0 Å². The van der Waals surface area contributed by atoms with Gasteiger partial charge in [-0.3, -0.25) is 0 Å². The molecule has 0 saturated heterocycles. The zero-order valence-corrected chi connectivity index (χ0v) is 24.1. The summed E-state index contributed by atoms with van der Waals surface area (Å²) in [5.41, 5.74) is 1.65. The van der Waals surface area contributed by atoms with Crippen molar-refractivity contribution >= 4 is 22.1 Å². The molecule has 0 saturated carbocycles. The Bertz CT molecular complexity index is 1100. The van der Waals surface area contributed by atoms with Crippen LogP contribution in [0.25, 0.3) is 10.8 Å². The van der Waals surface area contributed by atoms with E-state index in [1.54, 1.807) is 0 Å². The average molecular weight is 519 g/mol. The number of ether oxygens (including phenoxy) is 2. The third-order valence-corrected chi connectivity index (χ3v) is 6.72. The molecule has 0 heterocycles. The van der Waals surface area contributed by atoms with E-state index in [0.29, 0.717) is 0 Å². The molecule has 38 heavy (non-hydrogen) atoms. The first kappa shape index (κ1) is 29.6. The van der Waals surface area contributed by atoms with Crippen molar-refractivity contribution in [3.05, 3.63) is 60.7 Å². The molecule has 0 aliphatic heterocycles. The van der Waals surface area contributed by atoms with Crippen LogP contribution in [0, 0.1) is 0 Å². The van der Waals surface area contributed by atoms with Crippen molar-refractivity contribution in [2.24, 2.45) is 10.2 Å². The summed E-state index contributed by atoms with van der Waals surface area (Å²) in [5.74, 6) is 1.79. The normalized spacial score (nSPS) is 11.9. The molecule has 5 heteroatoms. The van der Waals surface area contributed by atoms with Crippen LogP contribution >= 0.6 is 0 Å². The molecule has 0 amide bonds. The first-order valence-electron chi connectivity index (χ1n) is 14.6.